The Hall–Kier alpha value is -8.38. The van der Waals surface area contributed by atoms with Gasteiger partial charge in [0.2, 0.25) is 0 Å². The molecule has 2 aliphatic heterocycles. The van der Waals surface area contributed by atoms with Crippen LogP contribution in [0.5, 0.6) is 0 Å². The van der Waals surface area contributed by atoms with Gasteiger partial charge >= 0.3 is 0 Å². The Balaban J connectivity index is 1.21. The molecule has 0 aromatic heterocycles. The summed E-state index contributed by atoms with van der Waals surface area (Å²) in [6.07, 6.45) is 0. The molecule has 0 saturated heterocycles. The lowest BCUT2D eigenvalue weighted by atomic mass is 9.93. The molecule has 2 heterocycles. The van der Waals surface area contributed by atoms with Crippen molar-refractivity contribution in [3.63, 3.8) is 0 Å². The number of hydrogen-bond donors (Lipinski definition) is 0. The van der Waals surface area contributed by atoms with Gasteiger partial charge in [-0.1, -0.05) is 140 Å². The number of hydrogen-bond acceptors (Lipinski definition) is 8. The van der Waals surface area contributed by atoms with Gasteiger partial charge in [0.05, 0.1) is 21.9 Å². The molecule has 12 heteroatoms. The summed E-state index contributed by atoms with van der Waals surface area (Å²) in [5.41, 5.74) is 4.78. The SMILES string of the molecule is O=C(c1ccc([N+](=O)[O-])cc1)N1C(c2cccc(C3=N[C@@H](c4ccccc4)[C@H](c4ccccc4)N3C(=O)c3ccc([N+](=O)[O-])cc3)c2)=N[C@@H](c2ccccc2)[C@@H]1c1ccccc1. The largest absolute Gasteiger partial charge is 0.282 e. The predicted molar refractivity (Wildman–Crippen MR) is 235 cm³/mol. The van der Waals surface area contributed by atoms with Gasteiger partial charge in [-0.15, -0.1) is 0 Å². The van der Waals surface area contributed by atoms with E-state index < -0.39 is 45.8 Å². The average Bonchev–Trinajstić information content (AvgIpc) is 3.93. The van der Waals surface area contributed by atoms with Crippen molar-refractivity contribution in [2.45, 2.75) is 24.2 Å². The molecular weight excluding hydrogens is 781 g/mol. The molecule has 7 aromatic carbocycles. The number of rotatable bonds is 10. The van der Waals surface area contributed by atoms with Crippen LogP contribution in [0.25, 0.3) is 0 Å². The van der Waals surface area contributed by atoms with Crippen molar-refractivity contribution in [2.75, 3.05) is 0 Å². The lowest BCUT2D eigenvalue weighted by Gasteiger charge is -2.30. The number of carbonyl (C=O) groups excluding carboxylic acids is 2. The summed E-state index contributed by atoms with van der Waals surface area (Å²) in [6.45, 7) is 0. The highest BCUT2D eigenvalue weighted by molar-refractivity contribution is 6.17. The highest BCUT2D eigenvalue weighted by atomic mass is 16.6. The van der Waals surface area contributed by atoms with E-state index in [-0.39, 0.29) is 22.5 Å². The quantitative estimate of drug-likeness (QED) is 0.0990. The molecule has 4 atom stereocenters. The molecule has 2 amide bonds. The third-order valence-electron chi connectivity index (χ3n) is 11.2. The number of non-ortho nitro benzene ring substituents is 2. The Labute approximate surface area is 356 Å². The molecule has 7 aromatic rings. The Morgan fingerprint density at radius 2 is 0.742 bits per heavy atom. The second kappa shape index (κ2) is 16.7. The van der Waals surface area contributed by atoms with Crippen LogP contribution in [0.4, 0.5) is 11.4 Å². The van der Waals surface area contributed by atoms with Gasteiger partial charge < -0.3 is 0 Å². The lowest BCUT2D eigenvalue weighted by Crippen LogP contribution is -2.39. The Morgan fingerprint density at radius 3 is 1.06 bits per heavy atom. The van der Waals surface area contributed by atoms with Gasteiger partial charge in [-0.3, -0.25) is 49.6 Å². The van der Waals surface area contributed by atoms with E-state index in [9.17, 15) is 29.8 Å². The molecule has 0 radical (unpaired) electrons. The van der Waals surface area contributed by atoms with Crippen molar-refractivity contribution in [3.05, 3.63) is 259 Å². The minimum absolute atomic E-state index is 0.140. The molecular formula is C50H36N6O6. The van der Waals surface area contributed by atoms with Gasteiger partial charge in [0.15, 0.2) is 0 Å². The van der Waals surface area contributed by atoms with E-state index in [1.807, 2.05) is 146 Å². The first-order valence-electron chi connectivity index (χ1n) is 19.9. The zero-order valence-electron chi connectivity index (χ0n) is 32.9. The monoisotopic (exact) mass is 816 g/mol. The number of nitro groups is 2. The Bertz CT molecular complexity index is 2660. The van der Waals surface area contributed by atoms with Crippen LogP contribution in [-0.2, 0) is 0 Å². The normalized spacial score (nSPS) is 18.2. The fourth-order valence-corrected chi connectivity index (χ4v) is 8.25. The minimum atomic E-state index is -0.603. The summed E-state index contributed by atoms with van der Waals surface area (Å²) in [5.74, 6) is -0.0801. The molecule has 9 rings (SSSR count). The van der Waals surface area contributed by atoms with Gasteiger partial charge in [0.1, 0.15) is 23.8 Å². The molecule has 0 spiro atoms. The van der Waals surface area contributed by atoms with Crippen LogP contribution in [0, 0.1) is 20.2 Å². The minimum Gasteiger partial charge on any atom is -0.282 e. The highest BCUT2D eigenvalue weighted by Crippen LogP contribution is 2.46. The standard InChI is InChI=1S/C50H36N6O6/c57-49(37-24-28-41(29-25-37)55(59)60)53-45(35-18-9-3-10-19-35)43(33-14-5-1-6-15-33)51-47(53)39-22-13-23-40(32-39)48-52-44(34-16-7-2-8-17-34)46(36-20-11-4-12-21-36)54(48)50(58)38-26-30-42(31-27-38)56(61)62/h1-32,43-46H/t43-,44-,45-,46-/m0/s1. The molecule has 62 heavy (non-hydrogen) atoms. The van der Waals surface area contributed by atoms with Gasteiger partial charge in [0.25, 0.3) is 23.2 Å². The predicted octanol–water partition coefficient (Wildman–Crippen LogP) is 10.3. The van der Waals surface area contributed by atoms with Gasteiger partial charge in [-0.2, -0.15) is 0 Å². The topological polar surface area (TPSA) is 152 Å². The van der Waals surface area contributed by atoms with Crippen LogP contribution in [0.1, 0.15) is 78.3 Å². The first kappa shape index (κ1) is 39.1. The first-order chi connectivity index (χ1) is 30.3. The van der Waals surface area contributed by atoms with Gasteiger partial charge in [-0.25, -0.2) is 0 Å². The Kier molecular flexibility index (Phi) is 10.5. The molecule has 302 valence electrons. The van der Waals surface area contributed by atoms with E-state index in [2.05, 4.69) is 0 Å². The number of nitro benzene ring substituents is 2. The fraction of sp³-hybridized carbons (Fsp3) is 0.0800. The molecule has 0 unspecified atom stereocenters. The molecule has 12 nitrogen and oxygen atoms in total. The number of nitrogens with zero attached hydrogens (tertiary/aromatic N) is 6. The zero-order chi connectivity index (χ0) is 42.7. The van der Waals surface area contributed by atoms with Crippen molar-refractivity contribution in [2.24, 2.45) is 9.98 Å². The molecule has 0 saturated carbocycles. The molecule has 0 N–H and O–H groups in total. The number of amides is 2. The van der Waals surface area contributed by atoms with Crippen molar-refractivity contribution in [3.8, 4) is 0 Å². The van der Waals surface area contributed by atoms with E-state index in [0.717, 1.165) is 22.3 Å². The molecule has 0 bridgehead atoms. The maximum atomic E-state index is 14.9. The second-order valence-electron chi connectivity index (χ2n) is 14.9. The number of benzene rings is 7. The van der Waals surface area contributed by atoms with E-state index in [1.54, 1.807) is 9.80 Å². The summed E-state index contributed by atoms with van der Waals surface area (Å²) in [6, 6.07) is 54.9. The lowest BCUT2D eigenvalue weighted by molar-refractivity contribution is -0.385. The van der Waals surface area contributed by atoms with Crippen LogP contribution in [0.2, 0.25) is 0 Å². The van der Waals surface area contributed by atoms with Crippen molar-refractivity contribution in [1.82, 2.24) is 9.80 Å². The van der Waals surface area contributed by atoms with Crippen LogP contribution in [-0.4, -0.2) is 43.1 Å². The van der Waals surface area contributed by atoms with Crippen molar-refractivity contribution in [1.29, 1.82) is 0 Å². The van der Waals surface area contributed by atoms with Crippen molar-refractivity contribution >= 4 is 34.9 Å². The number of aliphatic imine (C=N–C) groups is 2. The number of amidine groups is 2. The van der Waals surface area contributed by atoms with Crippen LogP contribution in [0.15, 0.2) is 204 Å². The first-order valence-corrected chi connectivity index (χ1v) is 19.9. The van der Waals surface area contributed by atoms with Crippen molar-refractivity contribution < 1.29 is 19.4 Å². The van der Waals surface area contributed by atoms with Gasteiger partial charge in [-0.05, 0) is 52.6 Å². The van der Waals surface area contributed by atoms with E-state index in [1.165, 1.54) is 48.5 Å². The molecule has 0 aliphatic carbocycles. The van der Waals surface area contributed by atoms with Crippen LogP contribution >= 0.6 is 0 Å². The molecule has 0 fully saturated rings. The summed E-state index contributed by atoms with van der Waals surface area (Å²) in [5, 5.41) is 23.1. The second-order valence-corrected chi connectivity index (χ2v) is 14.9. The van der Waals surface area contributed by atoms with Gasteiger partial charge in [0, 0.05) is 46.5 Å². The van der Waals surface area contributed by atoms with Crippen LogP contribution < -0.4 is 0 Å². The van der Waals surface area contributed by atoms with E-state index >= 15 is 0 Å². The third-order valence-corrected chi connectivity index (χ3v) is 11.2. The Morgan fingerprint density at radius 1 is 0.419 bits per heavy atom. The molecule has 2 aliphatic rings. The maximum absolute atomic E-state index is 14.9. The van der Waals surface area contributed by atoms with Crippen LogP contribution in [0.3, 0.4) is 0 Å². The smallest absolute Gasteiger partial charge is 0.269 e. The van der Waals surface area contributed by atoms with E-state index in [4.69, 9.17) is 9.98 Å². The van der Waals surface area contributed by atoms with E-state index in [0.29, 0.717) is 22.8 Å². The third kappa shape index (κ3) is 7.41. The summed E-state index contributed by atoms with van der Waals surface area (Å²) in [4.78, 5) is 65.9. The average molecular weight is 817 g/mol. The number of carbonyl (C=O) groups is 2. The summed E-state index contributed by atoms with van der Waals surface area (Å²) >= 11 is 0. The summed E-state index contributed by atoms with van der Waals surface area (Å²) in [7, 11) is 0. The highest BCUT2D eigenvalue weighted by Gasteiger charge is 2.45. The maximum Gasteiger partial charge on any atom is 0.269 e. The summed E-state index contributed by atoms with van der Waals surface area (Å²) < 4.78 is 0. The zero-order valence-corrected chi connectivity index (χ0v) is 32.9. The fourth-order valence-electron chi connectivity index (χ4n) is 8.25.